The fourth-order valence-electron chi connectivity index (χ4n) is 1.91. The van der Waals surface area contributed by atoms with Crippen molar-refractivity contribution in [2.24, 2.45) is 0 Å². The number of thiophene rings is 1. The quantitative estimate of drug-likeness (QED) is 0.855. The molecule has 0 aliphatic heterocycles. The zero-order valence-corrected chi connectivity index (χ0v) is 11.7. The van der Waals surface area contributed by atoms with Gasteiger partial charge in [-0.2, -0.15) is 0 Å². The highest BCUT2D eigenvalue weighted by Crippen LogP contribution is 2.18. The standard InChI is InChI=1S/C15H19NOS/c1-12(15-7-4-8-18-15)16-10-13-5-3-6-14(9-13)11-17-2/h3-9,12,16H,10-11H2,1-2H3/t12-/m0/s1. The van der Waals surface area contributed by atoms with Gasteiger partial charge in [0.25, 0.3) is 0 Å². The van der Waals surface area contributed by atoms with Crippen molar-refractivity contribution in [1.29, 1.82) is 0 Å². The predicted molar refractivity (Wildman–Crippen MR) is 76.7 cm³/mol. The van der Waals surface area contributed by atoms with Gasteiger partial charge in [0.2, 0.25) is 0 Å². The van der Waals surface area contributed by atoms with Crippen LogP contribution in [0, 0.1) is 0 Å². The third kappa shape index (κ3) is 3.67. The Kier molecular flexibility index (Phi) is 4.93. The van der Waals surface area contributed by atoms with Crippen LogP contribution in [-0.2, 0) is 17.9 Å². The fraction of sp³-hybridized carbons (Fsp3) is 0.333. The first kappa shape index (κ1) is 13.3. The van der Waals surface area contributed by atoms with E-state index in [1.165, 1.54) is 16.0 Å². The highest BCUT2D eigenvalue weighted by Gasteiger charge is 2.05. The summed E-state index contributed by atoms with van der Waals surface area (Å²) in [7, 11) is 1.73. The Labute approximate surface area is 113 Å². The van der Waals surface area contributed by atoms with Gasteiger partial charge >= 0.3 is 0 Å². The van der Waals surface area contributed by atoms with Gasteiger partial charge in [-0.15, -0.1) is 11.3 Å². The van der Waals surface area contributed by atoms with Crippen molar-refractivity contribution in [3.8, 4) is 0 Å². The maximum atomic E-state index is 5.15. The number of methoxy groups -OCH3 is 1. The first-order valence-corrected chi connectivity index (χ1v) is 7.01. The number of rotatable bonds is 6. The second-order valence-corrected chi connectivity index (χ2v) is 5.35. The summed E-state index contributed by atoms with van der Waals surface area (Å²) in [6.45, 7) is 3.76. The summed E-state index contributed by atoms with van der Waals surface area (Å²) in [6.07, 6.45) is 0. The number of hydrogen-bond donors (Lipinski definition) is 1. The summed E-state index contributed by atoms with van der Waals surface area (Å²) >= 11 is 1.79. The normalized spacial score (nSPS) is 12.6. The van der Waals surface area contributed by atoms with Gasteiger partial charge in [0.1, 0.15) is 0 Å². The number of hydrogen-bond acceptors (Lipinski definition) is 3. The van der Waals surface area contributed by atoms with Gasteiger partial charge in [-0.05, 0) is 29.5 Å². The first-order chi connectivity index (χ1) is 8.79. The van der Waals surface area contributed by atoms with Gasteiger partial charge in [-0.25, -0.2) is 0 Å². The molecule has 0 saturated carbocycles. The lowest BCUT2D eigenvalue weighted by molar-refractivity contribution is 0.185. The van der Waals surface area contributed by atoms with E-state index in [4.69, 9.17) is 4.74 Å². The minimum atomic E-state index is 0.399. The Balaban J connectivity index is 1.91. The molecule has 1 N–H and O–H groups in total. The van der Waals surface area contributed by atoms with E-state index in [0.717, 1.165) is 6.54 Å². The molecule has 3 heteroatoms. The maximum absolute atomic E-state index is 5.15. The minimum absolute atomic E-state index is 0.399. The van der Waals surface area contributed by atoms with Crippen molar-refractivity contribution < 1.29 is 4.74 Å². The second kappa shape index (κ2) is 6.69. The zero-order chi connectivity index (χ0) is 12.8. The predicted octanol–water partition coefficient (Wildman–Crippen LogP) is 3.75. The highest BCUT2D eigenvalue weighted by molar-refractivity contribution is 7.10. The largest absolute Gasteiger partial charge is 0.380 e. The van der Waals surface area contributed by atoms with Crippen LogP contribution in [0.5, 0.6) is 0 Å². The molecular formula is C15H19NOS. The first-order valence-electron chi connectivity index (χ1n) is 6.13. The zero-order valence-electron chi connectivity index (χ0n) is 10.8. The summed E-state index contributed by atoms with van der Waals surface area (Å²) in [4.78, 5) is 1.38. The van der Waals surface area contributed by atoms with Crippen LogP contribution in [-0.4, -0.2) is 7.11 Å². The second-order valence-electron chi connectivity index (χ2n) is 4.37. The van der Waals surface area contributed by atoms with Crippen LogP contribution >= 0.6 is 11.3 Å². The SMILES string of the molecule is COCc1cccc(CN[C@@H](C)c2cccs2)c1. The lowest BCUT2D eigenvalue weighted by Gasteiger charge is -2.12. The smallest absolute Gasteiger partial charge is 0.0713 e. The van der Waals surface area contributed by atoms with Gasteiger partial charge < -0.3 is 10.1 Å². The molecule has 1 atom stereocenters. The van der Waals surface area contributed by atoms with Crippen molar-refractivity contribution in [1.82, 2.24) is 5.32 Å². The van der Waals surface area contributed by atoms with Crippen molar-refractivity contribution in [3.05, 3.63) is 57.8 Å². The Morgan fingerprint density at radius 2 is 2.06 bits per heavy atom. The molecule has 0 amide bonds. The molecule has 0 saturated heterocycles. The van der Waals surface area contributed by atoms with E-state index in [-0.39, 0.29) is 0 Å². The molecule has 1 aromatic heterocycles. The number of benzene rings is 1. The van der Waals surface area contributed by atoms with Gasteiger partial charge in [0.05, 0.1) is 6.61 Å². The average molecular weight is 261 g/mol. The third-order valence-corrected chi connectivity index (χ3v) is 3.94. The molecule has 0 spiro atoms. The Morgan fingerprint density at radius 1 is 1.22 bits per heavy atom. The Morgan fingerprint density at radius 3 is 2.78 bits per heavy atom. The van der Waals surface area contributed by atoms with E-state index in [9.17, 15) is 0 Å². The van der Waals surface area contributed by atoms with E-state index >= 15 is 0 Å². The molecule has 18 heavy (non-hydrogen) atoms. The van der Waals surface area contributed by atoms with Gasteiger partial charge in [-0.3, -0.25) is 0 Å². The van der Waals surface area contributed by atoms with Crippen molar-refractivity contribution in [2.45, 2.75) is 26.1 Å². The van der Waals surface area contributed by atoms with Gasteiger partial charge in [0, 0.05) is 24.6 Å². The van der Waals surface area contributed by atoms with E-state index in [0.29, 0.717) is 12.6 Å². The molecule has 2 nitrogen and oxygen atoms in total. The van der Waals surface area contributed by atoms with Crippen LogP contribution in [0.2, 0.25) is 0 Å². The van der Waals surface area contributed by atoms with Crippen LogP contribution in [0.3, 0.4) is 0 Å². The van der Waals surface area contributed by atoms with E-state index in [2.05, 4.69) is 54.0 Å². The molecule has 0 radical (unpaired) electrons. The fourth-order valence-corrected chi connectivity index (χ4v) is 2.66. The Bertz CT molecular complexity index is 467. The van der Waals surface area contributed by atoms with Crippen molar-refractivity contribution in [2.75, 3.05) is 7.11 Å². The van der Waals surface area contributed by atoms with E-state index in [1.807, 2.05) is 0 Å². The summed E-state index contributed by atoms with van der Waals surface area (Å²) in [5, 5.41) is 5.66. The third-order valence-electron chi connectivity index (χ3n) is 2.88. The topological polar surface area (TPSA) is 21.3 Å². The van der Waals surface area contributed by atoms with Crippen molar-refractivity contribution >= 4 is 11.3 Å². The molecule has 1 aromatic carbocycles. The summed E-state index contributed by atoms with van der Waals surface area (Å²) in [6, 6.07) is 13.2. The van der Waals surface area contributed by atoms with Crippen molar-refractivity contribution in [3.63, 3.8) is 0 Å². The molecule has 2 aromatic rings. The van der Waals surface area contributed by atoms with E-state index < -0.39 is 0 Å². The molecule has 0 aliphatic rings. The van der Waals surface area contributed by atoms with Crippen LogP contribution in [0.1, 0.15) is 29.0 Å². The molecule has 0 aliphatic carbocycles. The lowest BCUT2D eigenvalue weighted by atomic mass is 10.1. The minimum Gasteiger partial charge on any atom is -0.380 e. The molecule has 0 bridgehead atoms. The summed E-state index contributed by atoms with van der Waals surface area (Å²) in [5.41, 5.74) is 2.52. The van der Waals surface area contributed by atoms with Gasteiger partial charge in [0.15, 0.2) is 0 Å². The average Bonchev–Trinajstić information content (AvgIpc) is 2.91. The summed E-state index contributed by atoms with van der Waals surface area (Å²) < 4.78 is 5.15. The summed E-state index contributed by atoms with van der Waals surface area (Å²) in [5.74, 6) is 0. The Hall–Kier alpha value is -1.16. The highest BCUT2D eigenvalue weighted by atomic mass is 32.1. The number of ether oxygens (including phenoxy) is 1. The van der Waals surface area contributed by atoms with Crippen LogP contribution in [0.15, 0.2) is 41.8 Å². The number of nitrogens with one attached hydrogen (secondary N) is 1. The molecule has 1 heterocycles. The maximum Gasteiger partial charge on any atom is 0.0713 e. The van der Waals surface area contributed by atoms with Crippen LogP contribution < -0.4 is 5.32 Å². The molecule has 0 fully saturated rings. The lowest BCUT2D eigenvalue weighted by Crippen LogP contribution is -2.17. The molecule has 2 rings (SSSR count). The van der Waals surface area contributed by atoms with Gasteiger partial charge in [-0.1, -0.05) is 30.3 Å². The molecule has 0 unspecified atom stereocenters. The monoisotopic (exact) mass is 261 g/mol. The molecular weight excluding hydrogens is 242 g/mol. The molecule has 96 valence electrons. The van der Waals surface area contributed by atoms with Crippen LogP contribution in [0.4, 0.5) is 0 Å². The van der Waals surface area contributed by atoms with E-state index in [1.54, 1.807) is 18.4 Å². The van der Waals surface area contributed by atoms with Crippen LogP contribution in [0.25, 0.3) is 0 Å².